The van der Waals surface area contributed by atoms with Gasteiger partial charge in [-0.3, -0.25) is 14.9 Å². The molecule has 0 saturated carbocycles. The third kappa shape index (κ3) is 5.54. The summed E-state index contributed by atoms with van der Waals surface area (Å²) in [6.07, 6.45) is 2.38. The number of nitrogens with one attached hydrogen (secondary N) is 1. The molecule has 1 aliphatic rings. The Labute approximate surface area is 199 Å². The highest BCUT2D eigenvalue weighted by Gasteiger charge is 2.34. The molecule has 2 aromatic rings. The van der Waals surface area contributed by atoms with Crippen molar-refractivity contribution < 1.29 is 27.7 Å². The van der Waals surface area contributed by atoms with E-state index in [9.17, 15) is 28.1 Å². The Kier molecular flexibility index (Phi) is 8.10. The molecule has 2 heterocycles. The minimum atomic E-state index is -3.70. The first-order valence-electron chi connectivity index (χ1n) is 10.1. The van der Waals surface area contributed by atoms with E-state index in [1.54, 1.807) is 31.2 Å². The number of nitro groups is 1. The molecule has 0 atom stereocenters. The van der Waals surface area contributed by atoms with Crippen LogP contribution in [0.5, 0.6) is 0 Å². The molecule has 1 N–H and O–H groups in total. The fourth-order valence-corrected chi connectivity index (χ4v) is 6.92. The number of hydrogen-bond donors (Lipinski definition) is 1. The van der Waals surface area contributed by atoms with E-state index in [1.807, 2.05) is 6.26 Å². The van der Waals surface area contributed by atoms with Crippen LogP contribution in [0.2, 0.25) is 0 Å². The van der Waals surface area contributed by atoms with Gasteiger partial charge in [0.2, 0.25) is 15.9 Å². The number of anilines is 1. The Bertz CT molecular complexity index is 1160. The molecule has 1 saturated heterocycles. The molecule has 0 bridgehead atoms. The maximum Gasteiger partial charge on any atom is 0.341 e. The number of carbonyl (C=O) groups excluding carboxylic acids is 2. The number of carbonyl (C=O) groups is 2. The van der Waals surface area contributed by atoms with E-state index >= 15 is 0 Å². The number of esters is 1. The summed E-state index contributed by atoms with van der Waals surface area (Å²) >= 11 is 2.03. The number of sulfonamides is 1. The summed E-state index contributed by atoms with van der Waals surface area (Å²) in [6.45, 7) is 2.02. The topological polar surface area (TPSA) is 136 Å². The van der Waals surface area contributed by atoms with Crippen molar-refractivity contribution in [1.82, 2.24) is 4.31 Å². The van der Waals surface area contributed by atoms with E-state index in [0.29, 0.717) is 16.2 Å². The monoisotopic (exact) mass is 513 g/mol. The number of piperidine rings is 1. The van der Waals surface area contributed by atoms with E-state index in [1.165, 1.54) is 16.1 Å². The second kappa shape index (κ2) is 10.6. The second-order valence-electron chi connectivity index (χ2n) is 7.12. The fourth-order valence-electron chi connectivity index (χ4n) is 3.46. The standard InChI is InChI=1S/C20H23N3O7S3/c1-3-30-20(25)14-12-17(23(26)27)32-19(14)21-18(24)13-8-10-22(11-9-13)33(28,29)16-7-5-4-6-15(16)31-2/h4-7,12-13H,3,8-11H2,1-2H3,(H,21,24). The number of hydrogen-bond acceptors (Lipinski definition) is 9. The summed E-state index contributed by atoms with van der Waals surface area (Å²) in [4.78, 5) is 36.3. The lowest BCUT2D eigenvalue weighted by atomic mass is 9.97. The van der Waals surface area contributed by atoms with Gasteiger partial charge in [-0.05, 0) is 49.5 Å². The zero-order valence-electron chi connectivity index (χ0n) is 18.0. The minimum absolute atomic E-state index is 0.0501. The Balaban J connectivity index is 1.70. The van der Waals surface area contributed by atoms with E-state index in [2.05, 4.69) is 5.32 Å². The van der Waals surface area contributed by atoms with Gasteiger partial charge in [0.05, 0.1) is 16.4 Å². The molecular formula is C20H23N3O7S3. The first-order valence-corrected chi connectivity index (χ1v) is 13.6. The van der Waals surface area contributed by atoms with Crippen LogP contribution < -0.4 is 5.32 Å². The van der Waals surface area contributed by atoms with Crippen molar-refractivity contribution in [2.45, 2.75) is 29.6 Å². The Morgan fingerprint density at radius 3 is 2.58 bits per heavy atom. The van der Waals surface area contributed by atoms with E-state index in [0.717, 1.165) is 6.07 Å². The lowest BCUT2D eigenvalue weighted by Gasteiger charge is -2.30. The molecule has 13 heteroatoms. The molecule has 3 rings (SSSR count). The molecule has 1 aliphatic heterocycles. The van der Waals surface area contributed by atoms with Gasteiger partial charge in [-0.25, -0.2) is 13.2 Å². The molecule has 0 aliphatic carbocycles. The molecule has 178 valence electrons. The average molecular weight is 514 g/mol. The van der Waals surface area contributed by atoms with Gasteiger partial charge in [-0.15, -0.1) is 11.8 Å². The summed E-state index contributed by atoms with van der Waals surface area (Å²) in [5.74, 6) is -1.67. The van der Waals surface area contributed by atoms with Crippen LogP contribution in [0.1, 0.15) is 30.1 Å². The van der Waals surface area contributed by atoms with Crippen LogP contribution >= 0.6 is 23.1 Å². The number of thiophene rings is 1. The summed E-state index contributed by atoms with van der Waals surface area (Å²) in [5, 5.41) is 13.5. The van der Waals surface area contributed by atoms with Crippen LogP contribution in [0.25, 0.3) is 0 Å². The molecule has 33 heavy (non-hydrogen) atoms. The van der Waals surface area contributed by atoms with Gasteiger partial charge in [0, 0.05) is 30.0 Å². The largest absolute Gasteiger partial charge is 0.462 e. The Morgan fingerprint density at radius 1 is 1.30 bits per heavy atom. The molecule has 0 unspecified atom stereocenters. The number of nitrogens with zero attached hydrogens (tertiary/aromatic N) is 2. The average Bonchev–Trinajstić information content (AvgIpc) is 3.23. The number of rotatable bonds is 8. The predicted molar refractivity (Wildman–Crippen MR) is 125 cm³/mol. The molecule has 1 amide bonds. The van der Waals surface area contributed by atoms with Gasteiger partial charge in [-0.1, -0.05) is 12.1 Å². The minimum Gasteiger partial charge on any atom is -0.462 e. The molecule has 1 aromatic carbocycles. The van der Waals surface area contributed by atoms with Crippen LogP contribution in [0.3, 0.4) is 0 Å². The van der Waals surface area contributed by atoms with E-state index in [-0.39, 0.29) is 53.0 Å². The van der Waals surface area contributed by atoms with Crippen molar-refractivity contribution in [1.29, 1.82) is 0 Å². The van der Waals surface area contributed by atoms with Gasteiger partial charge >= 0.3 is 11.0 Å². The number of thioether (sulfide) groups is 1. The van der Waals surface area contributed by atoms with Crippen molar-refractivity contribution in [3.63, 3.8) is 0 Å². The first-order chi connectivity index (χ1) is 15.7. The van der Waals surface area contributed by atoms with Crippen molar-refractivity contribution in [2.75, 3.05) is 31.3 Å². The predicted octanol–water partition coefficient (Wildman–Crippen LogP) is 3.59. The fraction of sp³-hybridized carbons (Fsp3) is 0.400. The number of amides is 1. The highest BCUT2D eigenvalue weighted by Crippen LogP contribution is 2.35. The molecule has 10 nitrogen and oxygen atoms in total. The van der Waals surface area contributed by atoms with Crippen LogP contribution in [0, 0.1) is 16.0 Å². The van der Waals surface area contributed by atoms with Crippen LogP contribution in [0.15, 0.2) is 40.1 Å². The molecule has 1 fully saturated rings. The smallest absolute Gasteiger partial charge is 0.341 e. The maximum atomic E-state index is 13.1. The summed E-state index contributed by atoms with van der Waals surface area (Å²) < 4.78 is 32.4. The van der Waals surface area contributed by atoms with Crippen LogP contribution in [0.4, 0.5) is 10.0 Å². The van der Waals surface area contributed by atoms with Gasteiger partial charge in [0.1, 0.15) is 10.6 Å². The SMILES string of the molecule is CCOC(=O)c1cc([N+](=O)[O-])sc1NC(=O)C1CCN(S(=O)(=O)c2ccccc2SC)CC1. The van der Waals surface area contributed by atoms with Crippen molar-refractivity contribution >= 4 is 55.0 Å². The Hall–Kier alpha value is -2.48. The van der Waals surface area contributed by atoms with E-state index in [4.69, 9.17) is 4.74 Å². The Morgan fingerprint density at radius 2 is 1.97 bits per heavy atom. The number of benzene rings is 1. The molecule has 0 spiro atoms. The van der Waals surface area contributed by atoms with Crippen molar-refractivity contribution in [3.8, 4) is 0 Å². The molecule has 0 radical (unpaired) electrons. The first kappa shape index (κ1) is 25.1. The second-order valence-corrected chi connectivity index (χ2v) is 10.9. The highest BCUT2D eigenvalue weighted by atomic mass is 32.2. The zero-order chi connectivity index (χ0) is 24.2. The summed E-state index contributed by atoms with van der Waals surface area (Å²) in [7, 11) is -3.70. The van der Waals surface area contributed by atoms with Gasteiger partial charge in [-0.2, -0.15) is 4.31 Å². The lowest BCUT2D eigenvalue weighted by molar-refractivity contribution is -0.380. The zero-order valence-corrected chi connectivity index (χ0v) is 20.4. The van der Waals surface area contributed by atoms with Gasteiger partial charge in [0.15, 0.2) is 0 Å². The molecular weight excluding hydrogens is 490 g/mol. The van der Waals surface area contributed by atoms with Crippen molar-refractivity contribution in [3.05, 3.63) is 46.0 Å². The highest BCUT2D eigenvalue weighted by molar-refractivity contribution is 7.99. The van der Waals surface area contributed by atoms with Crippen LogP contribution in [-0.4, -0.2) is 55.5 Å². The normalized spacial score (nSPS) is 15.2. The third-order valence-electron chi connectivity index (χ3n) is 5.14. The lowest BCUT2D eigenvalue weighted by Crippen LogP contribution is -2.41. The molecule has 1 aromatic heterocycles. The van der Waals surface area contributed by atoms with Gasteiger partial charge in [0.25, 0.3) is 0 Å². The number of ether oxygens (including phenoxy) is 1. The van der Waals surface area contributed by atoms with Gasteiger partial charge < -0.3 is 10.1 Å². The maximum absolute atomic E-state index is 13.1. The summed E-state index contributed by atoms with van der Waals surface area (Å²) in [5.41, 5.74) is -0.0735. The van der Waals surface area contributed by atoms with Crippen LogP contribution in [-0.2, 0) is 19.6 Å². The van der Waals surface area contributed by atoms with E-state index < -0.39 is 32.7 Å². The third-order valence-corrected chi connectivity index (χ3v) is 9.03. The quantitative estimate of drug-likeness (QED) is 0.245. The van der Waals surface area contributed by atoms with Crippen molar-refractivity contribution in [2.24, 2.45) is 5.92 Å². The summed E-state index contributed by atoms with van der Waals surface area (Å²) in [6, 6.07) is 7.85.